The van der Waals surface area contributed by atoms with Crippen molar-refractivity contribution in [3.63, 3.8) is 0 Å². The predicted molar refractivity (Wildman–Crippen MR) is 70.9 cm³/mol. The Morgan fingerprint density at radius 2 is 2.16 bits per heavy atom. The van der Waals surface area contributed by atoms with Crippen molar-refractivity contribution in [1.82, 2.24) is 4.72 Å². The topological polar surface area (TPSA) is 83.5 Å². The van der Waals surface area contributed by atoms with Crippen LogP contribution in [0.3, 0.4) is 0 Å². The summed E-state index contributed by atoms with van der Waals surface area (Å²) < 4.78 is 26.5. The summed E-state index contributed by atoms with van der Waals surface area (Å²) in [6, 6.07) is 3.65. The molecule has 19 heavy (non-hydrogen) atoms. The Kier molecular flexibility index (Phi) is 3.85. The number of carbonyl (C=O) groups is 1. The van der Waals surface area contributed by atoms with Gasteiger partial charge in [-0.15, -0.1) is 0 Å². The fraction of sp³-hybridized carbons (Fsp3) is 0.417. The molecule has 2 rings (SSSR count). The van der Waals surface area contributed by atoms with Crippen LogP contribution >= 0.6 is 11.6 Å². The van der Waals surface area contributed by atoms with Gasteiger partial charge in [0.05, 0.1) is 15.5 Å². The minimum absolute atomic E-state index is 0.0160. The van der Waals surface area contributed by atoms with E-state index >= 15 is 0 Å². The third kappa shape index (κ3) is 3.26. The molecule has 2 N–H and O–H groups in total. The maximum absolute atomic E-state index is 12.0. The lowest BCUT2D eigenvalue weighted by Crippen LogP contribution is -2.26. The Bertz CT molecular complexity index is 614. The molecule has 1 fully saturated rings. The van der Waals surface area contributed by atoms with E-state index in [9.17, 15) is 13.2 Å². The number of carboxylic acids is 1. The van der Waals surface area contributed by atoms with Gasteiger partial charge in [-0.05, 0) is 36.5 Å². The highest BCUT2D eigenvalue weighted by molar-refractivity contribution is 7.89. The summed E-state index contributed by atoms with van der Waals surface area (Å²) in [5.74, 6) is -0.332. The van der Waals surface area contributed by atoms with Gasteiger partial charge >= 0.3 is 5.97 Å². The van der Waals surface area contributed by atoms with Gasteiger partial charge in [0.15, 0.2) is 0 Å². The fourth-order valence-corrected chi connectivity index (χ4v) is 3.14. The van der Waals surface area contributed by atoms with Gasteiger partial charge in [-0.3, -0.25) is 0 Å². The van der Waals surface area contributed by atoms with Crippen molar-refractivity contribution in [3.05, 3.63) is 28.8 Å². The quantitative estimate of drug-likeness (QED) is 0.871. The number of benzene rings is 1. The van der Waals surface area contributed by atoms with Crippen molar-refractivity contribution in [2.24, 2.45) is 11.8 Å². The van der Waals surface area contributed by atoms with Crippen LogP contribution in [0.5, 0.6) is 0 Å². The molecule has 0 spiro atoms. The zero-order valence-corrected chi connectivity index (χ0v) is 11.8. The summed E-state index contributed by atoms with van der Waals surface area (Å²) in [5.41, 5.74) is -0.218. The van der Waals surface area contributed by atoms with E-state index in [-0.39, 0.29) is 15.5 Å². The van der Waals surface area contributed by atoms with E-state index in [0.29, 0.717) is 18.4 Å². The summed E-state index contributed by atoms with van der Waals surface area (Å²) in [6.07, 6.45) is 1.02. The minimum Gasteiger partial charge on any atom is -0.478 e. The highest BCUT2D eigenvalue weighted by atomic mass is 35.5. The molecule has 1 aromatic carbocycles. The minimum atomic E-state index is -3.68. The Balaban J connectivity index is 2.20. The van der Waals surface area contributed by atoms with Crippen LogP contribution in [-0.2, 0) is 10.0 Å². The number of nitrogens with one attached hydrogen (secondary N) is 1. The van der Waals surface area contributed by atoms with Gasteiger partial charge in [-0.1, -0.05) is 18.5 Å². The lowest BCUT2D eigenvalue weighted by Gasteiger charge is -2.07. The van der Waals surface area contributed by atoms with Crippen molar-refractivity contribution in [2.75, 3.05) is 6.54 Å². The number of hydrogen-bond donors (Lipinski definition) is 2. The first-order chi connectivity index (χ1) is 8.81. The van der Waals surface area contributed by atoms with E-state index in [1.54, 1.807) is 0 Å². The van der Waals surface area contributed by atoms with Crippen LogP contribution in [0.4, 0.5) is 0 Å². The molecule has 7 heteroatoms. The number of hydrogen-bond acceptors (Lipinski definition) is 3. The second-order valence-electron chi connectivity index (χ2n) is 4.77. The van der Waals surface area contributed by atoms with Crippen molar-refractivity contribution in [2.45, 2.75) is 18.2 Å². The number of sulfonamides is 1. The molecule has 5 nitrogen and oxygen atoms in total. The Morgan fingerprint density at radius 1 is 1.53 bits per heavy atom. The molecule has 0 radical (unpaired) electrons. The molecule has 0 amide bonds. The molecule has 2 atom stereocenters. The van der Waals surface area contributed by atoms with E-state index in [2.05, 4.69) is 11.6 Å². The Labute approximate surface area is 116 Å². The number of rotatable bonds is 5. The zero-order chi connectivity index (χ0) is 14.2. The predicted octanol–water partition coefficient (Wildman–Crippen LogP) is 1.97. The molecule has 1 aliphatic rings. The molecule has 0 aliphatic heterocycles. The third-order valence-electron chi connectivity index (χ3n) is 3.29. The largest absolute Gasteiger partial charge is 0.478 e. The number of carboxylic acid groups (broad SMARTS) is 1. The van der Waals surface area contributed by atoms with Gasteiger partial charge < -0.3 is 5.11 Å². The van der Waals surface area contributed by atoms with Crippen LogP contribution < -0.4 is 4.72 Å². The maximum atomic E-state index is 12.0. The van der Waals surface area contributed by atoms with Crippen molar-refractivity contribution in [1.29, 1.82) is 0 Å². The Hall–Kier alpha value is -1.11. The second kappa shape index (κ2) is 5.11. The van der Waals surface area contributed by atoms with Crippen LogP contribution in [0.15, 0.2) is 23.1 Å². The molecule has 1 aliphatic carbocycles. The zero-order valence-electron chi connectivity index (χ0n) is 10.3. The van der Waals surface area contributed by atoms with Gasteiger partial charge in [0.1, 0.15) is 0 Å². The molecular formula is C12H14ClNO4S. The van der Waals surface area contributed by atoms with Crippen molar-refractivity contribution >= 4 is 27.6 Å². The molecule has 0 aromatic heterocycles. The molecule has 2 unspecified atom stereocenters. The van der Waals surface area contributed by atoms with Crippen LogP contribution in [0, 0.1) is 11.8 Å². The van der Waals surface area contributed by atoms with E-state index in [4.69, 9.17) is 16.7 Å². The first-order valence-corrected chi connectivity index (χ1v) is 7.70. The van der Waals surface area contributed by atoms with Gasteiger partial charge in [0.2, 0.25) is 10.0 Å². The van der Waals surface area contributed by atoms with Crippen molar-refractivity contribution < 1.29 is 18.3 Å². The monoisotopic (exact) mass is 303 g/mol. The van der Waals surface area contributed by atoms with Crippen molar-refractivity contribution in [3.8, 4) is 0 Å². The van der Waals surface area contributed by atoms with Crippen LogP contribution in [0.25, 0.3) is 0 Å². The molecule has 0 heterocycles. The van der Waals surface area contributed by atoms with Crippen LogP contribution in [0.2, 0.25) is 5.02 Å². The summed E-state index contributed by atoms with van der Waals surface area (Å²) in [6.45, 7) is 2.44. The smallest absolute Gasteiger partial charge is 0.337 e. The lowest BCUT2D eigenvalue weighted by molar-refractivity contribution is 0.0697. The molecular weight excluding hydrogens is 290 g/mol. The highest BCUT2D eigenvalue weighted by Gasteiger charge is 2.33. The first kappa shape index (κ1) is 14.3. The van der Waals surface area contributed by atoms with Crippen LogP contribution in [0.1, 0.15) is 23.7 Å². The van der Waals surface area contributed by atoms with Gasteiger partial charge in [-0.2, -0.15) is 0 Å². The highest BCUT2D eigenvalue weighted by Crippen LogP contribution is 2.37. The van der Waals surface area contributed by atoms with E-state index < -0.39 is 16.0 Å². The fourth-order valence-electron chi connectivity index (χ4n) is 1.82. The normalized spacial score (nSPS) is 22.2. The SMILES string of the molecule is CC1CC1CNS(=O)(=O)c1ccc(Cl)c(C(=O)O)c1. The first-order valence-electron chi connectivity index (χ1n) is 5.84. The molecule has 0 saturated heterocycles. The van der Waals surface area contributed by atoms with E-state index in [1.165, 1.54) is 12.1 Å². The second-order valence-corrected chi connectivity index (χ2v) is 6.95. The van der Waals surface area contributed by atoms with E-state index in [1.807, 2.05) is 0 Å². The standard InChI is InChI=1S/C12H14ClNO4S/c1-7-4-8(7)6-14-19(17,18)9-2-3-11(13)10(5-9)12(15)16/h2-3,5,7-8,14H,4,6H2,1H3,(H,15,16). The molecule has 104 valence electrons. The summed E-state index contributed by atoms with van der Waals surface area (Å²) >= 11 is 5.70. The number of halogens is 1. The molecule has 1 aromatic rings. The summed E-state index contributed by atoms with van der Waals surface area (Å²) in [5, 5.41) is 8.93. The van der Waals surface area contributed by atoms with Gasteiger partial charge in [-0.25, -0.2) is 17.9 Å². The van der Waals surface area contributed by atoms with E-state index in [0.717, 1.165) is 12.5 Å². The van der Waals surface area contributed by atoms with Gasteiger partial charge in [0.25, 0.3) is 0 Å². The third-order valence-corrected chi connectivity index (χ3v) is 5.04. The number of aromatic carboxylic acids is 1. The maximum Gasteiger partial charge on any atom is 0.337 e. The Morgan fingerprint density at radius 3 is 2.68 bits per heavy atom. The van der Waals surface area contributed by atoms with Gasteiger partial charge in [0, 0.05) is 6.54 Å². The molecule has 0 bridgehead atoms. The lowest BCUT2D eigenvalue weighted by atomic mass is 10.2. The van der Waals surface area contributed by atoms with Crippen LogP contribution in [-0.4, -0.2) is 26.0 Å². The summed E-state index contributed by atoms with van der Waals surface area (Å²) in [7, 11) is -3.68. The molecule has 1 saturated carbocycles. The average molecular weight is 304 g/mol. The summed E-state index contributed by atoms with van der Waals surface area (Å²) in [4.78, 5) is 10.8. The average Bonchev–Trinajstić information content (AvgIpc) is 3.03.